The van der Waals surface area contributed by atoms with Crippen molar-refractivity contribution in [1.29, 1.82) is 0 Å². The highest BCUT2D eigenvalue weighted by Crippen LogP contribution is 2.26. The molecule has 1 aliphatic rings. The van der Waals surface area contributed by atoms with Crippen LogP contribution in [-0.4, -0.2) is 36.9 Å². The summed E-state index contributed by atoms with van der Waals surface area (Å²) in [6, 6.07) is 21.6. The number of hydrogen-bond donors (Lipinski definition) is 1. The molecule has 158 valence electrons. The van der Waals surface area contributed by atoms with Gasteiger partial charge in [-0.2, -0.15) is 0 Å². The van der Waals surface area contributed by atoms with Gasteiger partial charge in [0.1, 0.15) is 5.75 Å². The first-order chi connectivity index (χ1) is 15.2. The van der Waals surface area contributed by atoms with Gasteiger partial charge in [-0.3, -0.25) is 9.59 Å². The van der Waals surface area contributed by atoms with Crippen molar-refractivity contribution in [3.63, 3.8) is 0 Å². The van der Waals surface area contributed by atoms with Crippen molar-refractivity contribution in [2.24, 2.45) is 5.92 Å². The highest BCUT2D eigenvalue weighted by molar-refractivity contribution is 5.97. The summed E-state index contributed by atoms with van der Waals surface area (Å²) in [5, 5.41) is 5.24. The molecule has 1 heterocycles. The molecule has 0 saturated carbocycles. The van der Waals surface area contributed by atoms with E-state index in [9.17, 15) is 9.59 Å². The summed E-state index contributed by atoms with van der Waals surface area (Å²) in [5.41, 5.74) is 1.70. The lowest BCUT2D eigenvalue weighted by Gasteiger charge is -2.30. The first-order valence-electron chi connectivity index (χ1n) is 10.5. The Morgan fingerprint density at radius 2 is 1.68 bits per heavy atom. The Kier molecular flexibility index (Phi) is 6.32. The van der Waals surface area contributed by atoms with Crippen LogP contribution in [0.2, 0.25) is 0 Å². The fraction of sp³-hybridized carbons (Fsp3) is 0.231. The van der Waals surface area contributed by atoms with Gasteiger partial charge in [-0.15, -0.1) is 0 Å². The number of nitrogens with one attached hydrogen (secondary N) is 1. The van der Waals surface area contributed by atoms with Gasteiger partial charge in [-0.05, 0) is 47.4 Å². The number of fused-ring (bicyclic) bond motifs is 1. The van der Waals surface area contributed by atoms with Crippen molar-refractivity contribution >= 4 is 34.4 Å². The molecular formula is C26H26N2O3. The number of para-hydroxylation sites is 2. The summed E-state index contributed by atoms with van der Waals surface area (Å²) < 4.78 is 5.30. The molecule has 0 spiro atoms. The molecule has 0 atom stereocenters. The van der Waals surface area contributed by atoms with Crippen LogP contribution in [0.5, 0.6) is 5.75 Å². The van der Waals surface area contributed by atoms with Crippen LogP contribution in [-0.2, 0) is 9.59 Å². The van der Waals surface area contributed by atoms with E-state index >= 15 is 0 Å². The molecule has 4 rings (SSSR count). The number of piperidine rings is 1. The second-order valence-corrected chi connectivity index (χ2v) is 7.69. The van der Waals surface area contributed by atoms with Gasteiger partial charge in [-0.25, -0.2) is 0 Å². The van der Waals surface area contributed by atoms with E-state index in [0.717, 1.165) is 16.3 Å². The minimum Gasteiger partial charge on any atom is -0.495 e. The van der Waals surface area contributed by atoms with Crippen LogP contribution in [0.4, 0.5) is 5.69 Å². The summed E-state index contributed by atoms with van der Waals surface area (Å²) in [5.74, 6) is 0.484. The molecule has 5 heteroatoms. The van der Waals surface area contributed by atoms with Gasteiger partial charge in [0.05, 0.1) is 12.8 Å². The van der Waals surface area contributed by atoms with E-state index in [2.05, 4.69) is 23.5 Å². The Morgan fingerprint density at radius 3 is 2.48 bits per heavy atom. The van der Waals surface area contributed by atoms with Gasteiger partial charge in [0.2, 0.25) is 11.8 Å². The van der Waals surface area contributed by atoms with Crippen molar-refractivity contribution in [3.05, 3.63) is 78.4 Å². The smallest absolute Gasteiger partial charge is 0.246 e. The number of ether oxygens (including phenoxy) is 1. The Morgan fingerprint density at radius 1 is 0.968 bits per heavy atom. The maximum Gasteiger partial charge on any atom is 0.246 e. The van der Waals surface area contributed by atoms with Crippen molar-refractivity contribution < 1.29 is 14.3 Å². The maximum atomic E-state index is 12.7. The molecule has 0 aliphatic carbocycles. The van der Waals surface area contributed by atoms with Gasteiger partial charge in [0, 0.05) is 25.1 Å². The number of anilines is 1. The molecule has 2 amide bonds. The lowest BCUT2D eigenvalue weighted by molar-refractivity contribution is -0.130. The van der Waals surface area contributed by atoms with Crippen molar-refractivity contribution in [2.75, 3.05) is 25.5 Å². The Balaban J connectivity index is 1.34. The van der Waals surface area contributed by atoms with E-state index in [-0.39, 0.29) is 17.7 Å². The number of rotatable bonds is 5. The number of amides is 2. The molecule has 0 unspecified atom stereocenters. The molecule has 1 N–H and O–H groups in total. The largest absolute Gasteiger partial charge is 0.495 e. The Bertz CT molecular complexity index is 1110. The normalized spacial score (nSPS) is 14.7. The first kappa shape index (κ1) is 20.7. The van der Waals surface area contributed by atoms with Crippen LogP contribution < -0.4 is 10.1 Å². The molecular weight excluding hydrogens is 388 g/mol. The summed E-state index contributed by atoms with van der Waals surface area (Å²) in [6.45, 7) is 1.14. The third-order valence-electron chi connectivity index (χ3n) is 5.77. The highest BCUT2D eigenvalue weighted by atomic mass is 16.5. The van der Waals surface area contributed by atoms with E-state index in [1.807, 2.05) is 59.5 Å². The van der Waals surface area contributed by atoms with Gasteiger partial charge in [0.15, 0.2) is 0 Å². The molecule has 0 bridgehead atoms. The summed E-state index contributed by atoms with van der Waals surface area (Å²) >= 11 is 0. The number of likely N-dealkylation sites (tertiary alicyclic amines) is 1. The molecule has 1 aliphatic heterocycles. The summed E-state index contributed by atoms with van der Waals surface area (Å²) in [7, 11) is 1.58. The fourth-order valence-corrected chi connectivity index (χ4v) is 4.01. The first-order valence-corrected chi connectivity index (χ1v) is 10.5. The van der Waals surface area contributed by atoms with Gasteiger partial charge >= 0.3 is 0 Å². The van der Waals surface area contributed by atoms with Crippen molar-refractivity contribution in [2.45, 2.75) is 12.8 Å². The third-order valence-corrected chi connectivity index (χ3v) is 5.77. The van der Waals surface area contributed by atoms with Gasteiger partial charge < -0.3 is 15.0 Å². The van der Waals surface area contributed by atoms with E-state index in [1.54, 1.807) is 13.2 Å². The Labute approximate surface area is 182 Å². The standard InChI is InChI=1S/C26H26N2O3/c1-31-24-12-5-4-11-23(24)27-26(30)21-15-17-28(18-16-21)25(29)14-13-20-9-6-8-19-7-2-3-10-22(19)20/h2-14,21H,15-18H2,1H3,(H,27,30)/b14-13+. The van der Waals surface area contributed by atoms with Crippen molar-refractivity contribution in [3.8, 4) is 5.75 Å². The topological polar surface area (TPSA) is 58.6 Å². The molecule has 5 nitrogen and oxygen atoms in total. The Hall–Kier alpha value is -3.60. The summed E-state index contributed by atoms with van der Waals surface area (Å²) in [4.78, 5) is 27.2. The zero-order chi connectivity index (χ0) is 21.6. The van der Waals surface area contributed by atoms with E-state index in [4.69, 9.17) is 4.74 Å². The third kappa shape index (κ3) is 4.77. The maximum absolute atomic E-state index is 12.7. The fourth-order valence-electron chi connectivity index (χ4n) is 4.01. The molecule has 0 radical (unpaired) electrons. The zero-order valence-corrected chi connectivity index (χ0v) is 17.6. The van der Waals surface area contributed by atoms with E-state index in [1.165, 1.54) is 0 Å². The number of nitrogens with zero attached hydrogens (tertiary/aromatic N) is 1. The van der Waals surface area contributed by atoms with E-state index in [0.29, 0.717) is 37.4 Å². The number of hydrogen-bond acceptors (Lipinski definition) is 3. The molecule has 1 saturated heterocycles. The average Bonchev–Trinajstić information content (AvgIpc) is 2.83. The lowest BCUT2D eigenvalue weighted by Crippen LogP contribution is -2.40. The lowest BCUT2D eigenvalue weighted by atomic mass is 9.95. The molecule has 3 aromatic rings. The van der Waals surface area contributed by atoms with Gasteiger partial charge in [-0.1, -0.05) is 54.6 Å². The molecule has 31 heavy (non-hydrogen) atoms. The second-order valence-electron chi connectivity index (χ2n) is 7.69. The summed E-state index contributed by atoms with van der Waals surface area (Å²) in [6.07, 6.45) is 4.81. The number of benzene rings is 3. The monoisotopic (exact) mass is 414 g/mol. The molecule has 0 aromatic heterocycles. The predicted molar refractivity (Wildman–Crippen MR) is 124 cm³/mol. The predicted octanol–water partition coefficient (Wildman–Crippen LogP) is 4.74. The average molecular weight is 415 g/mol. The minimum absolute atomic E-state index is 0.0171. The number of carbonyl (C=O) groups excluding carboxylic acids is 2. The van der Waals surface area contributed by atoms with Crippen LogP contribution in [0.3, 0.4) is 0 Å². The van der Waals surface area contributed by atoms with Crippen LogP contribution in [0.25, 0.3) is 16.8 Å². The second kappa shape index (κ2) is 9.47. The van der Waals surface area contributed by atoms with Crippen LogP contribution in [0.1, 0.15) is 18.4 Å². The van der Waals surface area contributed by atoms with Crippen LogP contribution >= 0.6 is 0 Å². The van der Waals surface area contributed by atoms with E-state index < -0.39 is 0 Å². The van der Waals surface area contributed by atoms with Crippen molar-refractivity contribution in [1.82, 2.24) is 4.90 Å². The van der Waals surface area contributed by atoms with Crippen LogP contribution in [0.15, 0.2) is 72.8 Å². The van der Waals surface area contributed by atoms with Gasteiger partial charge in [0.25, 0.3) is 0 Å². The minimum atomic E-state index is -0.115. The highest BCUT2D eigenvalue weighted by Gasteiger charge is 2.27. The quantitative estimate of drug-likeness (QED) is 0.614. The molecule has 3 aromatic carbocycles. The van der Waals surface area contributed by atoms with Crippen LogP contribution in [0, 0.1) is 5.92 Å². The number of carbonyl (C=O) groups is 2. The SMILES string of the molecule is COc1ccccc1NC(=O)C1CCN(C(=O)/C=C/c2cccc3ccccc23)CC1. The molecule has 1 fully saturated rings. The zero-order valence-electron chi connectivity index (χ0n) is 17.6. The number of methoxy groups -OCH3 is 1.